The number of anilines is 2. The van der Waals surface area contributed by atoms with Crippen LogP contribution in [0, 0.1) is 5.82 Å². The second-order valence-corrected chi connectivity index (χ2v) is 9.75. The molecule has 2 amide bonds. The number of ether oxygens (including phenoxy) is 4. The summed E-state index contributed by atoms with van der Waals surface area (Å²) in [5.41, 5.74) is 0.985. The molecule has 5 heterocycles. The molecule has 3 N–H and O–H groups in total. The highest BCUT2D eigenvalue weighted by Gasteiger charge is 2.56. The molecular formula is C26H24FN7O7. The molecule has 41 heavy (non-hydrogen) atoms. The third kappa shape index (κ3) is 5.25. The number of rotatable bonds is 7. The van der Waals surface area contributed by atoms with Crippen molar-refractivity contribution in [2.75, 3.05) is 17.2 Å². The van der Waals surface area contributed by atoms with Crippen molar-refractivity contribution in [2.45, 2.75) is 44.2 Å². The number of imidazole rings is 1. The number of halogens is 1. The van der Waals surface area contributed by atoms with Crippen molar-refractivity contribution in [3.63, 3.8) is 0 Å². The Labute approximate surface area is 231 Å². The Bertz CT molecular complexity index is 1620. The van der Waals surface area contributed by atoms with Crippen LogP contribution >= 0.6 is 0 Å². The van der Waals surface area contributed by atoms with Crippen LogP contribution in [0.3, 0.4) is 0 Å². The van der Waals surface area contributed by atoms with Crippen molar-refractivity contribution in [1.82, 2.24) is 24.5 Å². The highest BCUT2D eigenvalue weighted by atomic mass is 19.1. The van der Waals surface area contributed by atoms with Gasteiger partial charge in [-0.3, -0.25) is 9.88 Å². The van der Waals surface area contributed by atoms with Gasteiger partial charge >= 0.3 is 12.0 Å². The Morgan fingerprint density at radius 2 is 1.88 bits per heavy atom. The van der Waals surface area contributed by atoms with Crippen LogP contribution in [0.5, 0.6) is 5.88 Å². The Morgan fingerprint density at radius 1 is 1.10 bits per heavy atom. The van der Waals surface area contributed by atoms with Gasteiger partial charge in [-0.2, -0.15) is 0 Å². The molecule has 14 nitrogen and oxygen atoms in total. The van der Waals surface area contributed by atoms with Crippen LogP contribution in [0.25, 0.3) is 11.2 Å². The molecule has 0 saturated carbocycles. The Balaban J connectivity index is 1.22. The van der Waals surface area contributed by atoms with E-state index < -0.39 is 48.1 Å². The topological polar surface area (TPSA) is 172 Å². The SMILES string of the molecule is CC1(C)OC2C(COc3ncc(C(=O)O)cc3F)OC(n3cnc4c(NC(=O)Nc5ccccc5)ncnc43)C2O1. The first kappa shape index (κ1) is 26.5. The fourth-order valence-electron chi connectivity index (χ4n) is 4.75. The van der Waals surface area contributed by atoms with Crippen molar-refractivity contribution >= 4 is 34.7 Å². The molecule has 0 radical (unpaired) electrons. The number of aromatic nitrogens is 5. The van der Waals surface area contributed by atoms with Crippen molar-refractivity contribution in [3.8, 4) is 5.88 Å². The average molecular weight is 566 g/mol. The molecule has 212 valence electrons. The molecule has 2 fully saturated rings. The molecule has 6 rings (SSSR count). The number of hydrogen-bond donors (Lipinski definition) is 3. The summed E-state index contributed by atoms with van der Waals surface area (Å²) in [6, 6.07) is 9.25. The molecule has 4 aromatic rings. The number of nitrogens with one attached hydrogen (secondary N) is 2. The quantitative estimate of drug-likeness (QED) is 0.300. The molecule has 2 saturated heterocycles. The number of carboxylic acids is 1. The maximum atomic E-state index is 14.4. The van der Waals surface area contributed by atoms with Crippen LogP contribution < -0.4 is 15.4 Å². The lowest BCUT2D eigenvalue weighted by atomic mass is 10.1. The lowest BCUT2D eigenvalue weighted by molar-refractivity contribution is -0.199. The molecule has 3 aromatic heterocycles. The summed E-state index contributed by atoms with van der Waals surface area (Å²) in [6.45, 7) is 3.35. The van der Waals surface area contributed by atoms with E-state index in [2.05, 4.69) is 30.6 Å². The number of hydrogen-bond acceptors (Lipinski definition) is 10. The standard InChI is InChI=1S/C26H24FN7O7/c1-26(2)40-18-16(10-38-22-15(27)8-13(9-28-22)24(35)36)39-23(19(18)41-26)34-12-31-17-20(29-11-30-21(17)34)33-25(37)32-14-6-4-3-5-7-14/h3-9,11-12,16,18-19,23H,10H2,1-2H3,(H,35,36)(H2,29,30,32,33,37). The number of carboxylic acid groups (broad SMARTS) is 1. The van der Waals surface area contributed by atoms with Gasteiger partial charge in [0.1, 0.15) is 31.2 Å². The number of pyridine rings is 1. The van der Waals surface area contributed by atoms with E-state index in [4.69, 9.17) is 24.1 Å². The molecule has 15 heteroatoms. The zero-order chi connectivity index (χ0) is 28.7. The van der Waals surface area contributed by atoms with Gasteiger partial charge in [0.2, 0.25) is 0 Å². The summed E-state index contributed by atoms with van der Waals surface area (Å²) < 4.78 is 40.0. The summed E-state index contributed by atoms with van der Waals surface area (Å²) in [4.78, 5) is 40.3. The van der Waals surface area contributed by atoms with Crippen LogP contribution in [0.2, 0.25) is 0 Å². The van der Waals surface area contributed by atoms with E-state index in [1.165, 1.54) is 12.7 Å². The number of carbonyl (C=O) groups is 2. The summed E-state index contributed by atoms with van der Waals surface area (Å²) in [7, 11) is 0. The van der Waals surface area contributed by atoms with Crippen molar-refractivity contribution in [1.29, 1.82) is 0 Å². The van der Waals surface area contributed by atoms with Gasteiger partial charge in [0.25, 0.3) is 5.88 Å². The van der Waals surface area contributed by atoms with Gasteiger partial charge in [-0.1, -0.05) is 18.2 Å². The lowest BCUT2D eigenvalue weighted by Gasteiger charge is -2.24. The zero-order valence-electron chi connectivity index (χ0n) is 21.7. The van der Waals surface area contributed by atoms with Gasteiger partial charge in [-0.15, -0.1) is 0 Å². The van der Waals surface area contributed by atoms with E-state index in [0.29, 0.717) is 16.9 Å². The number of fused-ring (bicyclic) bond motifs is 2. The molecule has 0 aliphatic carbocycles. The Morgan fingerprint density at radius 3 is 2.63 bits per heavy atom. The minimum Gasteiger partial charge on any atom is -0.478 e. The number of aromatic carboxylic acids is 1. The van der Waals surface area contributed by atoms with E-state index in [-0.39, 0.29) is 23.9 Å². The lowest BCUT2D eigenvalue weighted by Crippen LogP contribution is -2.34. The van der Waals surface area contributed by atoms with Gasteiger partial charge in [0, 0.05) is 11.9 Å². The summed E-state index contributed by atoms with van der Waals surface area (Å²) in [5.74, 6) is -3.36. The van der Waals surface area contributed by atoms with Crippen LogP contribution in [0.1, 0.15) is 30.4 Å². The molecule has 0 bridgehead atoms. The first-order valence-corrected chi connectivity index (χ1v) is 12.5. The fraction of sp³-hybridized carbons (Fsp3) is 0.308. The third-order valence-corrected chi connectivity index (χ3v) is 6.46. The zero-order valence-corrected chi connectivity index (χ0v) is 21.7. The maximum Gasteiger partial charge on any atom is 0.337 e. The van der Waals surface area contributed by atoms with E-state index >= 15 is 0 Å². The van der Waals surface area contributed by atoms with Gasteiger partial charge < -0.3 is 29.4 Å². The Kier molecular flexibility index (Phi) is 6.69. The van der Waals surface area contributed by atoms with Crippen LogP contribution in [0.4, 0.5) is 20.7 Å². The second kappa shape index (κ2) is 10.3. The van der Waals surface area contributed by atoms with Crippen molar-refractivity contribution < 1.29 is 38.0 Å². The Hall–Kier alpha value is -4.73. The first-order chi connectivity index (χ1) is 19.7. The third-order valence-electron chi connectivity index (χ3n) is 6.46. The van der Waals surface area contributed by atoms with E-state index in [1.807, 2.05) is 6.07 Å². The largest absolute Gasteiger partial charge is 0.478 e. The smallest absolute Gasteiger partial charge is 0.337 e. The number of urea groups is 1. The minimum absolute atomic E-state index is 0.165. The van der Waals surface area contributed by atoms with Crippen LogP contribution in [-0.2, 0) is 14.2 Å². The summed E-state index contributed by atoms with van der Waals surface area (Å²) >= 11 is 0. The van der Waals surface area contributed by atoms with Gasteiger partial charge in [-0.25, -0.2) is 33.9 Å². The summed E-state index contributed by atoms with van der Waals surface area (Å²) in [6.07, 6.45) is 1.07. The van der Waals surface area contributed by atoms with Crippen LogP contribution in [0.15, 0.2) is 55.2 Å². The fourth-order valence-corrected chi connectivity index (χ4v) is 4.75. The molecule has 2 aliphatic rings. The van der Waals surface area contributed by atoms with E-state index in [1.54, 1.807) is 42.7 Å². The highest BCUT2D eigenvalue weighted by molar-refractivity contribution is 6.02. The van der Waals surface area contributed by atoms with E-state index in [9.17, 15) is 14.0 Å². The summed E-state index contributed by atoms with van der Waals surface area (Å²) in [5, 5.41) is 14.4. The normalized spacial score (nSPS) is 22.8. The molecule has 4 atom stereocenters. The first-order valence-electron chi connectivity index (χ1n) is 12.5. The van der Waals surface area contributed by atoms with Gasteiger partial charge in [-0.05, 0) is 32.0 Å². The predicted molar refractivity (Wildman–Crippen MR) is 139 cm³/mol. The van der Waals surface area contributed by atoms with Crippen molar-refractivity contribution in [2.24, 2.45) is 0 Å². The van der Waals surface area contributed by atoms with Gasteiger partial charge in [0.15, 0.2) is 34.8 Å². The number of nitrogens with zero attached hydrogens (tertiary/aromatic N) is 5. The highest BCUT2D eigenvalue weighted by Crippen LogP contribution is 2.44. The minimum atomic E-state index is -1.31. The number of benzene rings is 1. The predicted octanol–water partition coefficient (Wildman–Crippen LogP) is 3.20. The number of para-hydroxylation sites is 1. The number of carbonyl (C=O) groups excluding carboxylic acids is 1. The monoisotopic (exact) mass is 565 g/mol. The molecule has 4 unspecified atom stereocenters. The molecule has 2 aliphatic heterocycles. The van der Waals surface area contributed by atoms with Crippen molar-refractivity contribution in [3.05, 3.63) is 66.6 Å². The maximum absolute atomic E-state index is 14.4. The van der Waals surface area contributed by atoms with Crippen LogP contribution in [-0.4, -0.2) is 72.3 Å². The molecule has 1 aromatic carbocycles. The van der Waals surface area contributed by atoms with E-state index in [0.717, 1.165) is 12.3 Å². The van der Waals surface area contributed by atoms with Gasteiger partial charge in [0.05, 0.1) is 11.9 Å². The number of amides is 2. The second-order valence-electron chi connectivity index (χ2n) is 9.75. The molecule has 0 spiro atoms. The average Bonchev–Trinajstić information content (AvgIpc) is 3.59. The molecular weight excluding hydrogens is 541 g/mol.